The van der Waals surface area contributed by atoms with Gasteiger partial charge in [0.05, 0.1) is 0 Å². The van der Waals surface area contributed by atoms with Crippen molar-refractivity contribution in [3.05, 3.63) is 34.9 Å². The van der Waals surface area contributed by atoms with Crippen molar-refractivity contribution in [1.29, 1.82) is 0 Å². The van der Waals surface area contributed by atoms with Crippen LogP contribution in [0.25, 0.3) is 0 Å². The van der Waals surface area contributed by atoms with Gasteiger partial charge in [0.15, 0.2) is 0 Å². The lowest BCUT2D eigenvalue weighted by Crippen LogP contribution is -2.24. The van der Waals surface area contributed by atoms with Crippen molar-refractivity contribution in [3.63, 3.8) is 0 Å². The van der Waals surface area contributed by atoms with Crippen LogP contribution in [-0.2, 0) is 0 Å². The Hall–Kier alpha value is -0.470. The Labute approximate surface area is 123 Å². The highest BCUT2D eigenvalue weighted by molar-refractivity contribution is 7.99. The van der Waals surface area contributed by atoms with E-state index in [1.807, 2.05) is 0 Å². The number of thioether (sulfide) groups is 1. The van der Waals surface area contributed by atoms with Crippen LogP contribution in [0.1, 0.15) is 49.9 Å². The van der Waals surface area contributed by atoms with E-state index in [0.717, 1.165) is 12.5 Å². The van der Waals surface area contributed by atoms with Crippen LogP contribution in [0.15, 0.2) is 18.2 Å². The first kappa shape index (κ1) is 16.6. The molecule has 0 aliphatic heterocycles. The summed E-state index contributed by atoms with van der Waals surface area (Å²) in [6, 6.07) is 7.30. The van der Waals surface area contributed by atoms with Gasteiger partial charge in [0, 0.05) is 11.8 Å². The summed E-state index contributed by atoms with van der Waals surface area (Å²) in [5, 5.41) is 3.63. The zero-order valence-corrected chi connectivity index (χ0v) is 13.9. The van der Waals surface area contributed by atoms with E-state index in [2.05, 4.69) is 69.9 Å². The van der Waals surface area contributed by atoms with Gasteiger partial charge in [-0.05, 0) is 43.2 Å². The van der Waals surface area contributed by atoms with E-state index in [0.29, 0.717) is 6.04 Å². The van der Waals surface area contributed by atoms with Crippen LogP contribution in [-0.4, -0.2) is 18.1 Å². The van der Waals surface area contributed by atoms with E-state index in [-0.39, 0.29) is 0 Å². The summed E-state index contributed by atoms with van der Waals surface area (Å²) in [6.45, 7) is 12.2. The minimum absolute atomic E-state index is 0.486. The van der Waals surface area contributed by atoms with Gasteiger partial charge >= 0.3 is 0 Å². The lowest BCUT2D eigenvalue weighted by molar-refractivity contribution is 0.599. The second-order valence-corrected chi connectivity index (χ2v) is 6.60. The Morgan fingerprint density at radius 2 is 1.89 bits per heavy atom. The third-order valence-electron chi connectivity index (χ3n) is 3.64. The second-order valence-electron chi connectivity index (χ2n) is 5.52. The van der Waals surface area contributed by atoms with Crippen LogP contribution in [0.2, 0.25) is 0 Å². The predicted octanol–water partition coefficient (Wildman–Crippen LogP) is 4.73. The summed E-state index contributed by atoms with van der Waals surface area (Å²) in [5.41, 5.74) is 4.22. The first-order valence-corrected chi connectivity index (χ1v) is 8.62. The molecule has 1 N–H and O–H groups in total. The highest BCUT2D eigenvalue weighted by Gasteiger charge is 2.13. The molecule has 0 spiro atoms. The van der Waals surface area contributed by atoms with Crippen molar-refractivity contribution in [2.24, 2.45) is 5.92 Å². The van der Waals surface area contributed by atoms with E-state index in [4.69, 9.17) is 0 Å². The minimum Gasteiger partial charge on any atom is -0.310 e. The minimum atomic E-state index is 0.486. The first-order chi connectivity index (χ1) is 9.08. The van der Waals surface area contributed by atoms with Crippen molar-refractivity contribution in [2.45, 2.75) is 47.1 Å². The molecule has 1 nitrogen and oxygen atoms in total. The molecule has 1 aromatic carbocycles. The maximum Gasteiger partial charge on any atom is 0.0414 e. The van der Waals surface area contributed by atoms with E-state index in [1.54, 1.807) is 0 Å². The molecule has 0 aliphatic rings. The molecule has 0 fully saturated rings. The molecule has 0 saturated carbocycles. The standard InChI is InChI=1S/C17H29NS/c1-6-13(3)11-19-12-17(18-7-2)16-9-8-14(4)10-15(16)5/h8-10,13,17-18H,6-7,11-12H2,1-5H3. The van der Waals surface area contributed by atoms with Crippen molar-refractivity contribution in [3.8, 4) is 0 Å². The molecule has 0 heterocycles. The first-order valence-electron chi connectivity index (χ1n) is 7.46. The number of rotatable bonds is 8. The Bertz CT molecular complexity index is 376. The summed E-state index contributed by atoms with van der Waals surface area (Å²) in [6.07, 6.45) is 1.28. The maximum atomic E-state index is 3.63. The molecule has 0 saturated heterocycles. The molecule has 2 unspecified atom stereocenters. The maximum absolute atomic E-state index is 3.63. The molecule has 108 valence electrons. The summed E-state index contributed by atoms with van der Waals surface area (Å²) in [5.74, 6) is 3.26. The molecule has 0 aliphatic carbocycles. The molecule has 19 heavy (non-hydrogen) atoms. The molecular formula is C17H29NS. The second kappa shape index (κ2) is 8.65. The molecule has 0 amide bonds. The lowest BCUT2D eigenvalue weighted by Gasteiger charge is -2.21. The summed E-state index contributed by atoms with van der Waals surface area (Å²) in [4.78, 5) is 0. The van der Waals surface area contributed by atoms with Crippen LogP contribution in [0.4, 0.5) is 0 Å². The SMILES string of the molecule is CCNC(CSCC(C)CC)c1ccc(C)cc1C. The Balaban J connectivity index is 2.65. The topological polar surface area (TPSA) is 12.0 Å². The number of benzene rings is 1. The van der Waals surface area contributed by atoms with Gasteiger partial charge in [-0.2, -0.15) is 11.8 Å². The smallest absolute Gasteiger partial charge is 0.0414 e. The van der Waals surface area contributed by atoms with Gasteiger partial charge in [0.25, 0.3) is 0 Å². The highest BCUT2D eigenvalue weighted by atomic mass is 32.2. The number of hydrogen-bond acceptors (Lipinski definition) is 2. The van der Waals surface area contributed by atoms with Crippen molar-refractivity contribution in [2.75, 3.05) is 18.1 Å². The molecular weight excluding hydrogens is 250 g/mol. The fraction of sp³-hybridized carbons (Fsp3) is 0.647. The summed E-state index contributed by atoms with van der Waals surface area (Å²) < 4.78 is 0. The molecule has 1 rings (SSSR count). The molecule has 0 radical (unpaired) electrons. The van der Waals surface area contributed by atoms with E-state index >= 15 is 0 Å². The van der Waals surface area contributed by atoms with Gasteiger partial charge < -0.3 is 5.32 Å². The summed E-state index contributed by atoms with van der Waals surface area (Å²) >= 11 is 2.08. The Kier molecular flexibility index (Phi) is 7.55. The van der Waals surface area contributed by atoms with Crippen LogP contribution in [0, 0.1) is 19.8 Å². The molecule has 0 aromatic heterocycles. The van der Waals surface area contributed by atoms with E-state index < -0.39 is 0 Å². The zero-order chi connectivity index (χ0) is 14.3. The van der Waals surface area contributed by atoms with Gasteiger partial charge in [-0.25, -0.2) is 0 Å². The van der Waals surface area contributed by atoms with E-state index in [1.165, 1.54) is 34.6 Å². The molecule has 0 bridgehead atoms. The van der Waals surface area contributed by atoms with Crippen LogP contribution in [0.5, 0.6) is 0 Å². The van der Waals surface area contributed by atoms with Gasteiger partial charge in [-0.15, -0.1) is 0 Å². The van der Waals surface area contributed by atoms with Crippen molar-refractivity contribution >= 4 is 11.8 Å². The Morgan fingerprint density at radius 3 is 2.47 bits per heavy atom. The lowest BCUT2D eigenvalue weighted by atomic mass is 10.0. The fourth-order valence-corrected chi connectivity index (χ4v) is 3.53. The quantitative estimate of drug-likeness (QED) is 0.738. The van der Waals surface area contributed by atoms with Crippen LogP contribution < -0.4 is 5.32 Å². The third-order valence-corrected chi connectivity index (χ3v) is 5.01. The number of hydrogen-bond donors (Lipinski definition) is 1. The van der Waals surface area contributed by atoms with Crippen molar-refractivity contribution in [1.82, 2.24) is 5.32 Å². The van der Waals surface area contributed by atoms with Crippen LogP contribution >= 0.6 is 11.8 Å². The van der Waals surface area contributed by atoms with Crippen molar-refractivity contribution < 1.29 is 0 Å². The van der Waals surface area contributed by atoms with Gasteiger partial charge in [0.1, 0.15) is 0 Å². The largest absolute Gasteiger partial charge is 0.310 e. The van der Waals surface area contributed by atoms with Gasteiger partial charge in [-0.1, -0.05) is 51.0 Å². The average Bonchev–Trinajstić information content (AvgIpc) is 2.38. The monoisotopic (exact) mass is 279 g/mol. The molecule has 2 atom stereocenters. The average molecular weight is 279 g/mol. The summed E-state index contributed by atoms with van der Waals surface area (Å²) in [7, 11) is 0. The normalized spacial score (nSPS) is 14.4. The van der Waals surface area contributed by atoms with Gasteiger partial charge in [0.2, 0.25) is 0 Å². The van der Waals surface area contributed by atoms with E-state index in [9.17, 15) is 0 Å². The highest BCUT2D eigenvalue weighted by Crippen LogP contribution is 2.24. The van der Waals surface area contributed by atoms with Crippen LogP contribution in [0.3, 0.4) is 0 Å². The van der Waals surface area contributed by atoms with Gasteiger partial charge in [-0.3, -0.25) is 0 Å². The third kappa shape index (κ3) is 5.58. The predicted molar refractivity (Wildman–Crippen MR) is 89.1 cm³/mol. The fourth-order valence-electron chi connectivity index (χ4n) is 2.23. The Morgan fingerprint density at radius 1 is 1.16 bits per heavy atom. The number of nitrogens with one attached hydrogen (secondary N) is 1. The zero-order valence-electron chi connectivity index (χ0n) is 13.1. The molecule has 2 heteroatoms. The number of aryl methyl sites for hydroxylation is 2. The molecule has 1 aromatic rings.